The van der Waals surface area contributed by atoms with E-state index in [9.17, 15) is 4.79 Å². The van der Waals surface area contributed by atoms with E-state index in [0.717, 1.165) is 48.5 Å². The van der Waals surface area contributed by atoms with Crippen molar-refractivity contribution in [3.05, 3.63) is 54.0 Å². The molecule has 1 aromatic carbocycles. The molecule has 1 aliphatic heterocycles. The quantitative estimate of drug-likeness (QED) is 0.597. The van der Waals surface area contributed by atoms with Crippen molar-refractivity contribution in [2.24, 2.45) is 5.92 Å². The van der Waals surface area contributed by atoms with Crippen LogP contribution in [0.2, 0.25) is 0 Å². The number of hydrogen-bond donors (Lipinski definition) is 1. The lowest BCUT2D eigenvalue weighted by Gasteiger charge is -2.42. The second-order valence-electron chi connectivity index (χ2n) is 9.44. The molecule has 0 bridgehead atoms. The first-order valence-corrected chi connectivity index (χ1v) is 11.8. The van der Waals surface area contributed by atoms with Crippen LogP contribution in [0.3, 0.4) is 0 Å². The average Bonchev–Trinajstić information content (AvgIpc) is 3.54. The van der Waals surface area contributed by atoms with E-state index in [2.05, 4.69) is 39.2 Å². The van der Waals surface area contributed by atoms with Gasteiger partial charge in [-0.05, 0) is 69.0 Å². The van der Waals surface area contributed by atoms with Gasteiger partial charge in [-0.2, -0.15) is 0 Å². The van der Waals surface area contributed by atoms with E-state index in [1.807, 2.05) is 40.9 Å². The normalized spacial score (nSPS) is 19.8. The molecule has 33 heavy (non-hydrogen) atoms. The second-order valence-corrected chi connectivity index (χ2v) is 9.44. The third-order valence-electron chi connectivity index (χ3n) is 6.72. The first kappa shape index (κ1) is 21.9. The number of rotatable bonds is 7. The van der Waals surface area contributed by atoms with Crippen molar-refractivity contribution in [3.8, 4) is 5.75 Å². The van der Waals surface area contributed by atoms with Gasteiger partial charge in [0, 0.05) is 44.1 Å². The van der Waals surface area contributed by atoms with Gasteiger partial charge in [-0.25, -0.2) is 0 Å². The summed E-state index contributed by atoms with van der Waals surface area (Å²) in [5.41, 5.74) is 2.05. The van der Waals surface area contributed by atoms with Gasteiger partial charge in [0.15, 0.2) is 11.5 Å². The summed E-state index contributed by atoms with van der Waals surface area (Å²) in [5, 5.41) is 12.0. The number of ether oxygens (including phenoxy) is 1. The molecule has 0 unspecified atom stereocenters. The molecule has 0 spiro atoms. The minimum absolute atomic E-state index is 0.146. The lowest BCUT2D eigenvalue weighted by atomic mass is 10.1. The average molecular weight is 449 g/mol. The summed E-state index contributed by atoms with van der Waals surface area (Å²) in [6.45, 7) is 8.70. The molecule has 0 radical (unpaired) electrons. The molecule has 1 N–H and O–H groups in total. The Kier molecular flexibility index (Phi) is 6.03. The largest absolute Gasteiger partial charge is 0.497 e. The van der Waals surface area contributed by atoms with Crippen LogP contribution in [0, 0.1) is 5.92 Å². The van der Waals surface area contributed by atoms with E-state index < -0.39 is 0 Å². The highest BCUT2D eigenvalue weighted by molar-refractivity contribution is 6.04. The van der Waals surface area contributed by atoms with Gasteiger partial charge < -0.3 is 10.1 Å². The number of piperazine rings is 1. The predicted octanol–water partition coefficient (Wildman–Crippen LogP) is 3.47. The zero-order valence-corrected chi connectivity index (χ0v) is 19.6. The van der Waals surface area contributed by atoms with Crippen molar-refractivity contribution in [2.75, 3.05) is 38.6 Å². The lowest BCUT2D eigenvalue weighted by molar-refractivity contribution is 0.0437. The molecule has 2 fully saturated rings. The summed E-state index contributed by atoms with van der Waals surface area (Å²) in [6, 6.07) is 11.5. The number of amides is 1. The van der Waals surface area contributed by atoms with E-state index >= 15 is 0 Å². The van der Waals surface area contributed by atoms with E-state index in [4.69, 9.17) is 4.74 Å². The monoisotopic (exact) mass is 448 g/mol. The van der Waals surface area contributed by atoms with Gasteiger partial charge in [-0.1, -0.05) is 0 Å². The van der Waals surface area contributed by atoms with Crippen molar-refractivity contribution in [2.45, 2.75) is 38.8 Å². The van der Waals surface area contributed by atoms with Gasteiger partial charge in [0.25, 0.3) is 5.91 Å². The molecule has 8 heteroatoms. The second kappa shape index (κ2) is 9.11. The Morgan fingerprint density at radius 3 is 2.61 bits per heavy atom. The summed E-state index contributed by atoms with van der Waals surface area (Å²) in [6.07, 6.45) is 4.58. The molecule has 1 saturated heterocycles. The molecule has 5 rings (SSSR count). The highest BCUT2D eigenvalue weighted by atomic mass is 16.5. The number of carbonyl (C=O) groups excluding carboxylic acids is 1. The van der Waals surface area contributed by atoms with Crippen LogP contribution in [0.15, 0.2) is 42.6 Å². The fourth-order valence-corrected chi connectivity index (χ4v) is 4.68. The van der Waals surface area contributed by atoms with Gasteiger partial charge in [0.1, 0.15) is 5.75 Å². The van der Waals surface area contributed by atoms with E-state index in [-0.39, 0.29) is 11.9 Å². The molecule has 3 heterocycles. The zero-order valence-electron chi connectivity index (χ0n) is 19.6. The number of fused-ring (bicyclic) bond motifs is 1. The molecular weight excluding hydrogens is 416 g/mol. The van der Waals surface area contributed by atoms with E-state index in [1.165, 1.54) is 19.4 Å². The summed E-state index contributed by atoms with van der Waals surface area (Å²) >= 11 is 0. The van der Waals surface area contributed by atoms with Crippen LogP contribution in [-0.4, -0.2) is 69.6 Å². The number of pyridine rings is 1. The number of nitrogens with one attached hydrogen (secondary N) is 1. The number of benzene rings is 1. The third kappa shape index (κ3) is 4.72. The maximum atomic E-state index is 13.0. The van der Waals surface area contributed by atoms with Crippen LogP contribution in [0.25, 0.3) is 5.65 Å². The molecule has 174 valence electrons. The number of carbonyl (C=O) groups is 1. The summed E-state index contributed by atoms with van der Waals surface area (Å²) in [7, 11) is 1.62. The Hall–Kier alpha value is -2.97. The Labute approximate surface area is 194 Å². The molecule has 1 atom stereocenters. The Balaban J connectivity index is 1.40. The number of aromatic nitrogens is 3. The Bertz CT molecular complexity index is 1120. The first-order chi connectivity index (χ1) is 16.0. The van der Waals surface area contributed by atoms with Gasteiger partial charge in [-0.15, -0.1) is 10.2 Å². The van der Waals surface area contributed by atoms with Crippen LogP contribution in [0.4, 0.5) is 5.69 Å². The number of hydrogen-bond acceptors (Lipinski definition) is 6. The molecule has 2 aliphatic rings. The minimum atomic E-state index is -0.165. The van der Waals surface area contributed by atoms with Gasteiger partial charge >= 0.3 is 0 Å². The number of methoxy groups -OCH3 is 1. The predicted molar refractivity (Wildman–Crippen MR) is 128 cm³/mol. The van der Waals surface area contributed by atoms with Crippen molar-refractivity contribution in [3.63, 3.8) is 0 Å². The SMILES string of the molecule is COc1ccc(NC(=O)c2ccc3nnc([C@@H]4CN(CC5CC5)CCN4C(C)C)n3c2)cc1. The lowest BCUT2D eigenvalue weighted by Crippen LogP contribution is -2.51. The highest BCUT2D eigenvalue weighted by Crippen LogP contribution is 2.33. The maximum Gasteiger partial charge on any atom is 0.257 e. The first-order valence-electron chi connectivity index (χ1n) is 11.8. The Morgan fingerprint density at radius 2 is 1.91 bits per heavy atom. The molecule has 3 aromatic rings. The van der Waals surface area contributed by atoms with E-state index in [0.29, 0.717) is 11.6 Å². The smallest absolute Gasteiger partial charge is 0.257 e. The van der Waals surface area contributed by atoms with Crippen molar-refractivity contribution in [1.29, 1.82) is 0 Å². The van der Waals surface area contributed by atoms with Crippen LogP contribution in [-0.2, 0) is 0 Å². The third-order valence-corrected chi connectivity index (χ3v) is 6.72. The topological polar surface area (TPSA) is 75.0 Å². The zero-order chi connectivity index (χ0) is 22.9. The van der Waals surface area contributed by atoms with Gasteiger partial charge in [0.2, 0.25) is 0 Å². The molecule has 1 saturated carbocycles. The highest BCUT2D eigenvalue weighted by Gasteiger charge is 2.35. The molecular formula is C25H32N6O2. The van der Waals surface area contributed by atoms with Crippen molar-refractivity contribution in [1.82, 2.24) is 24.4 Å². The standard InChI is InChI=1S/C25H32N6O2/c1-17(2)30-13-12-29(14-18-4-5-18)16-22(30)24-28-27-23-11-6-19(15-31(23)24)25(32)26-20-7-9-21(33-3)10-8-20/h6-11,15,17-18,22H,4-5,12-14,16H2,1-3H3,(H,26,32)/t22-/m0/s1. The number of anilines is 1. The molecule has 1 aliphatic carbocycles. The van der Waals surface area contributed by atoms with E-state index in [1.54, 1.807) is 13.2 Å². The summed E-state index contributed by atoms with van der Waals surface area (Å²) in [4.78, 5) is 18.0. The summed E-state index contributed by atoms with van der Waals surface area (Å²) < 4.78 is 7.18. The summed E-state index contributed by atoms with van der Waals surface area (Å²) in [5.74, 6) is 2.35. The fraction of sp³-hybridized carbons (Fsp3) is 0.480. The van der Waals surface area contributed by atoms with Crippen molar-refractivity contribution < 1.29 is 9.53 Å². The fourth-order valence-electron chi connectivity index (χ4n) is 4.68. The van der Waals surface area contributed by atoms with Crippen LogP contribution in [0.1, 0.15) is 48.9 Å². The minimum Gasteiger partial charge on any atom is -0.497 e. The maximum absolute atomic E-state index is 13.0. The molecule has 2 aromatic heterocycles. The van der Waals surface area contributed by atoms with Crippen LogP contribution >= 0.6 is 0 Å². The van der Waals surface area contributed by atoms with Crippen LogP contribution < -0.4 is 10.1 Å². The molecule has 1 amide bonds. The number of nitrogens with zero attached hydrogens (tertiary/aromatic N) is 5. The van der Waals surface area contributed by atoms with Crippen LogP contribution in [0.5, 0.6) is 5.75 Å². The van der Waals surface area contributed by atoms with Crippen molar-refractivity contribution >= 4 is 17.2 Å². The Morgan fingerprint density at radius 1 is 1.12 bits per heavy atom. The molecule has 8 nitrogen and oxygen atoms in total. The van der Waals surface area contributed by atoms with Gasteiger partial charge in [-0.3, -0.25) is 19.0 Å². The van der Waals surface area contributed by atoms with Gasteiger partial charge in [0.05, 0.1) is 18.7 Å².